The summed E-state index contributed by atoms with van der Waals surface area (Å²) in [6.45, 7) is 3.21. The summed E-state index contributed by atoms with van der Waals surface area (Å²) >= 11 is 0. The van der Waals surface area contributed by atoms with E-state index in [-0.39, 0.29) is 12.0 Å². The first-order valence-corrected chi connectivity index (χ1v) is 12.1. The average Bonchev–Trinajstić information content (AvgIpc) is 3.15. The van der Waals surface area contributed by atoms with Crippen molar-refractivity contribution in [3.63, 3.8) is 0 Å². The molecule has 1 spiro atoms. The number of piperidine rings is 1. The average molecular weight is 407 g/mol. The van der Waals surface area contributed by atoms with Crippen molar-refractivity contribution in [3.8, 4) is 0 Å². The minimum absolute atomic E-state index is 0.181. The van der Waals surface area contributed by atoms with E-state index in [1.165, 1.54) is 50.5 Å². The topological polar surface area (TPSA) is 52.3 Å². The van der Waals surface area contributed by atoms with Gasteiger partial charge in [0.05, 0.1) is 6.04 Å². The SMILES string of the molecule is C[C@H](c1ccc(C=O)cc1)[C@H]1[C@@H]2C=C[C@@H]3N1[C@]3(O)[C@H]2CN[C@@H]1CCCC12CCCC2. The summed E-state index contributed by atoms with van der Waals surface area (Å²) in [6.07, 6.45) is 15.2. The van der Waals surface area contributed by atoms with Gasteiger partial charge in [-0.1, -0.05) is 62.6 Å². The van der Waals surface area contributed by atoms with Crippen LogP contribution in [0.1, 0.15) is 73.7 Å². The molecule has 4 bridgehead atoms. The summed E-state index contributed by atoms with van der Waals surface area (Å²) in [5.74, 6) is 0.984. The van der Waals surface area contributed by atoms with Crippen LogP contribution in [0.2, 0.25) is 0 Å². The van der Waals surface area contributed by atoms with Gasteiger partial charge in [-0.05, 0) is 42.6 Å². The second-order valence-corrected chi connectivity index (χ2v) is 10.7. The number of hydrogen-bond donors (Lipinski definition) is 2. The molecule has 7 rings (SSSR count). The predicted molar refractivity (Wildman–Crippen MR) is 117 cm³/mol. The fraction of sp³-hybridized carbons (Fsp3) is 0.654. The Morgan fingerprint density at radius 1 is 1.17 bits per heavy atom. The summed E-state index contributed by atoms with van der Waals surface area (Å²) in [4.78, 5) is 13.4. The number of carbonyl (C=O) groups excluding carboxylic acids is 1. The van der Waals surface area contributed by atoms with E-state index in [2.05, 4.69) is 41.4 Å². The van der Waals surface area contributed by atoms with Crippen LogP contribution in [0.25, 0.3) is 0 Å². The molecule has 0 amide bonds. The molecule has 3 heterocycles. The Labute approximate surface area is 179 Å². The Bertz CT molecular complexity index is 853. The van der Waals surface area contributed by atoms with E-state index in [4.69, 9.17) is 0 Å². The van der Waals surface area contributed by atoms with Crippen LogP contribution in [-0.2, 0) is 0 Å². The molecule has 30 heavy (non-hydrogen) atoms. The number of aldehydes is 1. The summed E-state index contributed by atoms with van der Waals surface area (Å²) in [6, 6.07) is 9.16. The molecule has 4 heteroatoms. The van der Waals surface area contributed by atoms with E-state index in [1.807, 2.05) is 12.1 Å². The Hall–Kier alpha value is -1.49. The third kappa shape index (κ3) is 2.53. The van der Waals surface area contributed by atoms with Crippen molar-refractivity contribution in [2.45, 2.75) is 81.6 Å². The largest absolute Gasteiger partial charge is 0.373 e. The number of benzene rings is 1. The first kappa shape index (κ1) is 19.2. The fourth-order valence-electron chi connectivity index (χ4n) is 7.94. The molecule has 6 aliphatic rings. The van der Waals surface area contributed by atoms with Crippen LogP contribution < -0.4 is 5.32 Å². The van der Waals surface area contributed by atoms with Gasteiger partial charge < -0.3 is 10.4 Å². The molecule has 0 aromatic heterocycles. The molecule has 4 nitrogen and oxygen atoms in total. The maximum Gasteiger partial charge on any atom is 0.150 e. The van der Waals surface area contributed by atoms with Crippen molar-refractivity contribution in [1.82, 2.24) is 10.2 Å². The van der Waals surface area contributed by atoms with Crippen LogP contribution in [0, 0.1) is 17.3 Å². The number of aliphatic hydroxyl groups is 1. The monoisotopic (exact) mass is 406 g/mol. The lowest BCUT2D eigenvalue weighted by atomic mass is 9.73. The quantitative estimate of drug-likeness (QED) is 0.428. The van der Waals surface area contributed by atoms with Crippen LogP contribution >= 0.6 is 0 Å². The highest BCUT2D eigenvalue weighted by Gasteiger charge is 2.77. The molecule has 1 aromatic carbocycles. The lowest BCUT2D eigenvalue weighted by Gasteiger charge is -2.37. The summed E-state index contributed by atoms with van der Waals surface area (Å²) in [5, 5.41) is 15.6. The Balaban J connectivity index is 1.20. The van der Waals surface area contributed by atoms with Gasteiger partial charge in [-0.15, -0.1) is 0 Å². The van der Waals surface area contributed by atoms with Gasteiger partial charge in [0.25, 0.3) is 0 Å². The maximum atomic E-state index is 11.6. The molecule has 4 fully saturated rings. The third-order valence-electron chi connectivity index (χ3n) is 9.52. The van der Waals surface area contributed by atoms with E-state index in [0.717, 1.165) is 18.4 Å². The molecular weight excluding hydrogens is 372 g/mol. The van der Waals surface area contributed by atoms with Crippen molar-refractivity contribution in [2.24, 2.45) is 17.3 Å². The first-order chi connectivity index (χ1) is 14.6. The molecule has 3 aliphatic carbocycles. The summed E-state index contributed by atoms with van der Waals surface area (Å²) < 4.78 is 0. The van der Waals surface area contributed by atoms with Gasteiger partial charge in [0.2, 0.25) is 0 Å². The van der Waals surface area contributed by atoms with Crippen LogP contribution in [0.5, 0.6) is 0 Å². The van der Waals surface area contributed by atoms with Gasteiger partial charge >= 0.3 is 0 Å². The lowest BCUT2D eigenvalue weighted by molar-refractivity contribution is 0.0485. The van der Waals surface area contributed by atoms with Crippen LogP contribution in [0.3, 0.4) is 0 Å². The van der Waals surface area contributed by atoms with Crippen molar-refractivity contribution < 1.29 is 9.90 Å². The van der Waals surface area contributed by atoms with Crippen molar-refractivity contribution >= 4 is 6.29 Å². The molecule has 2 saturated carbocycles. The molecule has 2 N–H and O–H groups in total. The summed E-state index contributed by atoms with van der Waals surface area (Å²) in [5.41, 5.74) is 1.87. The number of nitrogens with zero attached hydrogens (tertiary/aromatic N) is 1. The second-order valence-electron chi connectivity index (χ2n) is 10.7. The Morgan fingerprint density at radius 2 is 1.90 bits per heavy atom. The highest BCUT2D eigenvalue weighted by molar-refractivity contribution is 5.74. The smallest absolute Gasteiger partial charge is 0.150 e. The predicted octanol–water partition coefficient (Wildman–Crippen LogP) is 3.86. The molecule has 2 saturated heterocycles. The van der Waals surface area contributed by atoms with Crippen LogP contribution in [-0.4, -0.2) is 46.7 Å². The van der Waals surface area contributed by atoms with Gasteiger partial charge in [-0.2, -0.15) is 0 Å². The molecular formula is C26H34N2O2. The zero-order valence-corrected chi connectivity index (χ0v) is 18.0. The highest BCUT2D eigenvalue weighted by Crippen LogP contribution is 2.64. The Morgan fingerprint density at radius 3 is 2.63 bits per heavy atom. The van der Waals surface area contributed by atoms with Crippen LogP contribution in [0.15, 0.2) is 36.4 Å². The van der Waals surface area contributed by atoms with Gasteiger partial charge in [0.1, 0.15) is 12.0 Å². The number of rotatable bonds is 6. The van der Waals surface area contributed by atoms with Crippen LogP contribution in [0.4, 0.5) is 0 Å². The van der Waals surface area contributed by atoms with Crippen molar-refractivity contribution in [2.75, 3.05) is 6.54 Å². The van der Waals surface area contributed by atoms with E-state index in [0.29, 0.717) is 29.3 Å². The number of hydrogen-bond acceptors (Lipinski definition) is 4. The van der Waals surface area contributed by atoms with Gasteiger partial charge in [0, 0.05) is 36.0 Å². The first-order valence-electron chi connectivity index (χ1n) is 12.1. The normalized spacial score (nSPS) is 43.3. The summed E-state index contributed by atoms with van der Waals surface area (Å²) in [7, 11) is 0. The molecule has 0 radical (unpaired) electrons. The minimum Gasteiger partial charge on any atom is -0.373 e. The van der Waals surface area contributed by atoms with Gasteiger partial charge in [-0.3, -0.25) is 9.69 Å². The van der Waals surface area contributed by atoms with Gasteiger partial charge in [-0.25, -0.2) is 0 Å². The lowest BCUT2D eigenvalue weighted by Crippen LogP contribution is -2.47. The van der Waals surface area contributed by atoms with E-state index >= 15 is 0 Å². The standard InChI is InChI=1S/C26H34N2O2/c1-17(19-8-6-18(16-29)7-9-19)24-20-10-11-23-26(30,28(23)24)21(20)15-27-22-5-4-14-25(22)12-2-3-13-25/h6-11,16-17,20-24,27,30H,2-5,12-15H2,1H3/t17-,20-,21+,22-,23+,24+,26+,28?/m1/s1. The zero-order valence-electron chi connectivity index (χ0n) is 18.0. The Kier molecular flexibility index (Phi) is 4.32. The number of carbonyl (C=O) groups is 1. The van der Waals surface area contributed by atoms with E-state index < -0.39 is 5.72 Å². The van der Waals surface area contributed by atoms with Gasteiger partial charge in [0.15, 0.2) is 0 Å². The molecule has 1 aromatic rings. The maximum absolute atomic E-state index is 11.6. The molecule has 160 valence electrons. The second kappa shape index (κ2) is 6.75. The zero-order chi connectivity index (χ0) is 20.5. The number of nitrogens with one attached hydrogen (secondary N) is 1. The highest BCUT2D eigenvalue weighted by atomic mass is 16.3. The van der Waals surface area contributed by atoms with Crippen molar-refractivity contribution in [3.05, 3.63) is 47.5 Å². The van der Waals surface area contributed by atoms with Crippen molar-refractivity contribution in [1.29, 1.82) is 0 Å². The molecule has 3 aliphatic heterocycles. The third-order valence-corrected chi connectivity index (χ3v) is 9.52. The van der Waals surface area contributed by atoms with E-state index in [9.17, 15) is 9.90 Å². The molecule has 8 atom stereocenters. The van der Waals surface area contributed by atoms with E-state index in [1.54, 1.807) is 0 Å². The molecule has 1 unspecified atom stereocenters. The minimum atomic E-state index is -0.657. The fourth-order valence-corrected chi connectivity index (χ4v) is 7.94.